The number of fused-ring (bicyclic) bond motifs is 7. The van der Waals surface area contributed by atoms with Crippen molar-refractivity contribution in [2.24, 2.45) is 17.8 Å². The summed E-state index contributed by atoms with van der Waals surface area (Å²) < 4.78 is 0. The van der Waals surface area contributed by atoms with Crippen LogP contribution in [0.1, 0.15) is 37.7 Å². The maximum atomic E-state index is 13.6. The van der Waals surface area contributed by atoms with Gasteiger partial charge >= 0.3 is 0 Å². The van der Waals surface area contributed by atoms with Gasteiger partial charge < -0.3 is 5.32 Å². The van der Waals surface area contributed by atoms with E-state index in [0.29, 0.717) is 5.69 Å². The van der Waals surface area contributed by atoms with E-state index in [9.17, 15) is 9.59 Å². The van der Waals surface area contributed by atoms with Gasteiger partial charge in [0.15, 0.2) is 0 Å². The molecule has 6 rings (SSSR count). The molecule has 2 aliphatic carbocycles. The maximum Gasteiger partial charge on any atom is 0.240 e. The number of nitrogens with one attached hydrogen (secondary N) is 1. The summed E-state index contributed by atoms with van der Waals surface area (Å²) in [4.78, 5) is 28.7. The van der Waals surface area contributed by atoms with Crippen molar-refractivity contribution in [3.8, 4) is 0 Å². The van der Waals surface area contributed by atoms with Gasteiger partial charge in [-0.2, -0.15) is 0 Å². The third-order valence-electron chi connectivity index (χ3n) is 7.30. The molecule has 29 heavy (non-hydrogen) atoms. The highest BCUT2D eigenvalue weighted by Gasteiger charge is 2.59. The number of imide groups is 1. The van der Waals surface area contributed by atoms with Crippen molar-refractivity contribution < 1.29 is 9.59 Å². The normalized spacial score (nSPS) is 30.3. The van der Waals surface area contributed by atoms with Gasteiger partial charge in [0.05, 0.1) is 23.6 Å². The van der Waals surface area contributed by atoms with E-state index < -0.39 is 0 Å². The summed E-state index contributed by atoms with van der Waals surface area (Å²) in [7, 11) is 0. The summed E-state index contributed by atoms with van der Waals surface area (Å²) in [5, 5.41) is 3.63. The van der Waals surface area contributed by atoms with Crippen molar-refractivity contribution >= 4 is 28.8 Å². The highest BCUT2D eigenvalue weighted by Crippen LogP contribution is 2.55. The zero-order chi connectivity index (χ0) is 19.5. The van der Waals surface area contributed by atoms with E-state index in [1.54, 1.807) is 0 Å². The fraction of sp³-hybridized carbons (Fsp3) is 0.360. The Morgan fingerprint density at radius 3 is 2.45 bits per heavy atom. The van der Waals surface area contributed by atoms with Crippen LogP contribution in [0.5, 0.6) is 0 Å². The summed E-state index contributed by atoms with van der Waals surface area (Å²) >= 11 is 0. The number of allylic oxidation sites excluding steroid dienone is 1. The Kier molecular flexibility index (Phi) is 3.70. The minimum absolute atomic E-state index is 0.00703. The van der Waals surface area contributed by atoms with Gasteiger partial charge in [-0.15, -0.1) is 0 Å². The molecule has 1 N–H and O–H groups in total. The quantitative estimate of drug-likeness (QED) is 0.729. The second-order valence-electron chi connectivity index (χ2n) is 8.71. The van der Waals surface area contributed by atoms with Crippen LogP contribution in [0.3, 0.4) is 0 Å². The molecule has 2 aromatic rings. The maximum absolute atomic E-state index is 13.6. The van der Waals surface area contributed by atoms with E-state index in [-0.39, 0.29) is 35.6 Å². The lowest BCUT2D eigenvalue weighted by atomic mass is 9.65. The number of benzene rings is 2. The van der Waals surface area contributed by atoms with Crippen LogP contribution in [0.4, 0.5) is 11.4 Å². The smallest absolute Gasteiger partial charge is 0.240 e. The van der Waals surface area contributed by atoms with Gasteiger partial charge in [-0.3, -0.25) is 9.59 Å². The van der Waals surface area contributed by atoms with Gasteiger partial charge in [0.2, 0.25) is 11.8 Å². The van der Waals surface area contributed by atoms with Gasteiger partial charge in [0.25, 0.3) is 0 Å². The SMILES string of the molecule is O=C1[C@@H]2[C@@H]3CCCCCC3=C3c4ccccc4NC3[C@@H]2C(=O)N1c1ccccc1. The molecule has 0 aromatic heterocycles. The molecule has 0 radical (unpaired) electrons. The van der Waals surface area contributed by atoms with Crippen LogP contribution in [0.2, 0.25) is 0 Å². The zero-order valence-electron chi connectivity index (χ0n) is 16.3. The summed E-state index contributed by atoms with van der Waals surface area (Å²) in [6.07, 6.45) is 5.57. The second-order valence-corrected chi connectivity index (χ2v) is 8.71. The van der Waals surface area contributed by atoms with Crippen molar-refractivity contribution in [3.05, 3.63) is 65.7 Å². The number of carbonyl (C=O) groups excluding carboxylic acids is 2. The number of hydrogen-bond acceptors (Lipinski definition) is 3. The van der Waals surface area contributed by atoms with Gasteiger partial charge in [0.1, 0.15) is 0 Å². The molecule has 1 saturated carbocycles. The molecule has 1 saturated heterocycles. The van der Waals surface area contributed by atoms with Gasteiger partial charge in [-0.1, -0.05) is 54.8 Å². The van der Waals surface area contributed by atoms with Crippen LogP contribution in [0.15, 0.2) is 60.2 Å². The van der Waals surface area contributed by atoms with Gasteiger partial charge in [-0.25, -0.2) is 4.90 Å². The second kappa shape index (κ2) is 6.31. The Labute approximate surface area is 170 Å². The number of para-hydroxylation sites is 2. The minimum atomic E-state index is -0.322. The summed E-state index contributed by atoms with van der Waals surface area (Å²) in [5.74, 6) is -0.431. The van der Waals surface area contributed by atoms with Crippen molar-refractivity contribution in [2.45, 2.75) is 38.1 Å². The van der Waals surface area contributed by atoms with Crippen molar-refractivity contribution in [3.63, 3.8) is 0 Å². The molecular weight excluding hydrogens is 360 g/mol. The minimum Gasteiger partial charge on any atom is -0.377 e. The number of nitrogens with zero attached hydrogens (tertiary/aromatic N) is 1. The Bertz CT molecular complexity index is 1040. The molecule has 0 spiro atoms. The molecule has 2 amide bonds. The third-order valence-corrected chi connectivity index (χ3v) is 7.30. The largest absolute Gasteiger partial charge is 0.377 e. The first-order valence-electron chi connectivity index (χ1n) is 10.8. The first-order chi connectivity index (χ1) is 14.3. The lowest BCUT2D eigenvalue weighted by Crippen LogP contribution is -2.42. The highest BCUT2D eigenvalue weighted by molar-refractivity contribution is 6.23. The van der Waals surface area contributed by atoms with E-state index in [1.165, 1.54) is 34.5 Å². The Hall–Kier alpha value is -2.88. The van der Waals surface area contributed by atoms with E-state index in [2.05, 4.69) is 23.5 Å². The van der Waals surface area contributed by atoms with Crippen LogP contribution >= 0.6 is 0 Å². The number of anilines is 2. The fourth-order valence-electron chi connectivity index (χ4n) is 6.16. The number of hydrogen-bond donors (Lipinski definition) is 1. The zero-order valence-corrected chi connectivity index (χ0v) is 16.3. The predicted octanol–water partition coefficient (Wildman–Crippen LogP) is 4.63. The van der Waals surface area contributed by atoms with E-state index in [4.69, 9.17) is 0 Å². The molecule has 2 aliphatic heterocycles. The van der Waals surface area contributed by atoms with Crippen molar-refractivity contribution in [1.82, 2.24) is 0 Å². The van der Waals surface area contributed by atoms with E-state index >= 15 is 0 Å². The molecule has 2 heterocycles. The van der Waals surface area contributed by atoms with Gasteiger partial charge in [0, 0.05) is 11.3 Å². The van der Waals surface area contributed by atoms with Crippen LogP contribution in [-0.2, 0) is 9.59 Å². The topological polar surface area (TPSA) is 49.4 Å². The summed E-state index contributed by atoms with van der Waals surface area (Å²) in [6.45, 7) is 0. The van der Waals surface area contributed by atoms with E-state index in [0.717, 1.165) is 24.9 Å². The molecule has 4 nitrogen and oxygen atoms in total. The number of rotatable bonds is 1. The average molecular weight is 384 g/mol. The first-order valence-corrected chi connectivity index (χ1v) is 10.8. The van der Waals surface area contributed by atoms with Crippen LogP contribution in [0, 0.1) is 17.8 Å². The Morgan fingerprint density at radius 1 is 0.828 bits per heavy atom. The number of amides is 2. The molecular formula is C25H24N2O2. The lowest BCUT2D eigenvalue weighted by Gasteiger charge is -2.37. The fourth-order valence-corrected chi connectivity index (χ4v) is 6.16. The van der Waals surface area contributed by atoms with Crippen LogP contribution in [0.25, 0.3) is 5.57 Å². The molecule has 2 fully saturated rings. The standard InChI is InChI=1S/C25H24N2O2/c28-24-21-17-12-6-2-5-11-16(17)20-18-13-7-8-14-19(18)26-23(20)22(21)25(29)27(24)15-9-3-1-4-10-15/h1,3-4,7-10,13-14,17,21-23,26H,2,5-6,11-12H2/t17-,21-,22-,23?/m1/s1. The first kappa shape index (κ1) is 17.0. The summed E-state index contributed by atoms with van der Waals surface area (Å²) in [6, 6.07) is 17.7. The Morgan fingerprint density at radius 2 is 1.59 bits per heavy atom. The lowest BCUT2D eigenvalue weighted by molar-refractivity contribution is -0.122. The highest BCUT2D eigenvalue weighted by atomic mass is 16.2. The summed E-state index contributed by atoms with van der Waals surface area (Å²) in [5.41, 5.74) is 5.77. The Balaban J connectivity index is 1.53. The van der Waals surface area contributed by atoms with Crippen LogP contribution in [-0.4, -0.2) is 17.9 Å². The predicted molar refractivity (Wildman–Crippen MR) is 113 cm³/mol. The van der Waals surface area contributed by atoms with Crippen molar-refractivity contribution in [1.29, 1.82) is 0 Å². The molecule has 4 atom stereocenters. The molecule has 0 bridgehead atoms. The molecule has 4 heteroatoms. The molecule has 1 unspecified atom stereocenters. The van der Waals surface area contributed by atoms with E-state index in [1.807, 2.05) is 36.4 Å². The number of carbonyl (C=O) groups is 2. The molecule has 2 aromatic carbocycles. The monoisotopic (exact) mass is 384 g/mol. The molecule has 146 valence electrons. The van der Waals surface area contributed by atoms with Gasteiger partial charge in [-0.05, 0) is 49.0 Å². The third kappa shape index (κ3) is 2.32. The van der Waals surface area contributed by atoms with Crippen LogP contribution < -0.4 is 10.2 Å². The molecule has 4 aliphatic rings. The average Bonchev–Trinajstić information content (AvgIpc) is 3.13. The van der Waals surface area contributed by atoms with Crippen molar-refractivity contribution in [2.75, 3.05) is 10.2 Å².